The SMILES string of the molecule is O=[N+]([O-])c1cccc(NCc2ccc(OCc3ccc(F)cc3)c(Cl)c2)c1. The largest absolute Gasteiger partial charge is 0.487 e. The number of nitro benzene ring substituents is 1. The molecule has 5 nitrogen and oxygen atoms in total. The summed E-state index contributed by atoms with van der Waals surface area (Å²) < 4.78 is 18.6. The highest BCUT2D eigenvalue weighted by atomic mass is 35.5. The molecule has 7 heteroatoms. The number of halogens is 2. The zero-order valence-electron chi connectivity index (χ0n) is 14.2. The van der Waals surface area contributed by atoms with Crippen LogP contribution < -0.4 is 10.1 Å². The predicted octanol–water partition coefficient (Wildman–Crippen LogP) is 5.58. The lowest BCUT2D eigenvalue weighted by Crippen LogP contribution is -2.01. The van der Waals surface area contributed by atoms with Crippen molar-refractivity contribution in [3.05, 3.63) is 98.8 Å². The molecule has 0 aliphatic carbocycles. The second kappa shape index (κ2) is 8.51. The van der Waals surface area contributed by atoms with Crippen LogP contribution in [0.3, 0.4) is 0 Å². The van der Waals surface area contributed by atoms with Crippen LogP contribution >= 0.6 is 11.6 Å². The minimum Gasteiger partial charge on any atom is -0.487 e. The molecular formula is C20H16ClFN2O3. The average molecular weight is 387 g/mol. The normalized spacial score (nSPS) is 10.4. The number of benzene rings is 3. The first kappa shape index (κ1) is 18.7. The zero-order valence-corrected chi connectivity index (χ0v) is 14.9. The Morgan fingerprint density at radius 2 is 1.78 bits per heavy atom. The van der Waals surface area contributed by atoms with Gasteiger partial charge in [-0.15, -0.1) is 0 Å². The minimum absolute atomic E-state index is 0.0302. The number of hydrogen-bond acceptors (Lipinski definition) is 4. The van der Waals surface area contributed by atoms with E-state index >= 15 is 0 Å². The van der Waals surface area contributed by atoms with Crippen LogP contribution in [-0.4, -0.2) is 4.92 Å². The maximum absolute atomic E-state index is 12.9. The molecule has 0 aromatic heterocycles. The van der Waals surface area contributed by atoms with Gasteiger partial charge < -0.3 is 10.1 Å². The number of nitrogens with zero attached hydrogens (tertiary/aromatic N) is 1. The van der Waals surface area contributed by atoms with Crippen molar-refractivity contribution in [1.82, 2.24) is 0 Å². The number of non-ortho nitro benzene ring substituents is 1. The van der Waals surface area contributed by atoms with Gasteiger partial charge in [-0.2, -0.15) is 0 Å². The first-order valence-corrected chi connectivity index (χ1v) is 8.53. The highest BCUT2D eigenvalue weighted by Crippen LogP contribution is 2.27. The summed E-state index contributed by atoms with van der Waals surface area (Å²) >= 11 is 6.27. The fraction of sp³-hybridized carbons (Fsp3) is 0.100. The molecule has 0 unspecified atom stereocenters. The van der Waals surface area contributed by atoms with Crippen LogP contribution in [0.25, 0.3) is 0 Å². The van der Waals surface area contributed by atoms with E-state index in [-0.39, 0.29) is 18.1 Å². The molecule has 0 atom stereocenters. The highest BCUT2D eigenvalue weighted by molar-refractivity contribution is 6.32. The van der Waals surface area contributed by atoms with Gasteiger partial charge >= 0.3 is 0 Å². The Kier molecular flexibility index (Phi) is 5.88. The third kappa shape index (κ3) is 5.18. The van der Waals surface area contributed by atoms with Crippen molar-refractivity contribution in [3.8, 4) is 5.75 Å². The van der Waals surface area contributed by atoms with Gasteiger partial charge in [0.1, 0.15) is 18.2 Å². The number of hydrogen-bond donors (Lipinski definition) is 1. The molecule has 0 spiro atoms. The molecule has 0 aliphatic heterocycles. The standard InChI is InChI=1S/C20H16ClFN2O3/c21-19-10-15(12-23-17-2-1-3-18(11-17)24(25)26)6-9-20(19)27-13-14-4-7-16(22)8-5-14/h1-11,23H,12-13H2. The second-order valence-corrected chi connectivity index (χ2v) is 6.25. The van der Waals surface area contributed by atoms with Gasteiger partial charge in [-0.05, 0) is 41.5 Å². The van der Waals surface area contributed by atoms with Crippen LogP contribution in [0.15, 0.2) is 66.7 Å². The van der Waals surface area contributed by atoms with Gasteiger partial charge in [0.25, 0.3) is 5.69 Å². The van der Waals surface area contributed by atoms with Crippen LogP contribution in [-0.2, 0) is 13.2 Å². The topological polar surface area (TPSA) is 64.4 Å². The van der Waals surface area contributed by atoms with E-state index in [0.29, 0.717) is 23.0 Å². The maximum Gasteiger partial charge on any atom is 0.271 e. The Balaban J connectivity index is 1.60. The molecule has 3 aromatic carbocycles. The molecule has 0 bridgehead atoms. The molecule has 0 saturated heterocycles. The number of anilines is 1. The molecule has 138 valence electrons. The molecule has 1 N–H and O–H groups in total. The fourth-order valence-electron chi connectivity index (χ4n) is 2.45. The quantitative estimate of drug-likeness (QED) is 0.425. The van der Waals surface area contributed by atoms with E-state index in [9.17, 15) is 14.5 Å². The summed E-state index contributed by atoms with van der Waals surface area (Å²) in [6.07, 6.45) is 0. The van der Waals surface area contributed by atoms with Crippen LogP contribution in [0.4, 0.5) is 15.8 Å². The zero-order chi connectivity index (χ0) is 19.2. The third-order valence-electron chi connectivity index (χ3n) is 3.86. The van der Waals surface area contributed by atoms with Crippen molar-refractivity contribution in [1.29, 1.82) is 0 Å². The Hall–Kier alpha value is -3.12. The lowest BCUT2D eigenvalue weighted by molar-refractivity contribution is -0.384. The molecule has 0 heterocycles. The smallest absolute Gasteiger partial charge is 0.271 e. The lowest BCUT2D eigenvalue weighted by atomic mass is 10.2. The van der Waals surface area contributed by atoms with Crippen molar-refractivity contribution in [2.24, 2.45) is 0 Å². The molecular weight excluding hydrogens is 371 g/mol. The summed E-state index contributed by atoms with van der Waals surface area (Å²) in [7, 11) is 0. The van der Waals surface area contributed by atoms with E-state index in [0.717, 1.165) is 11.1 Å². The van der Waals surface area contributed by atoms with Gasteiger partial charge in [-0.1, -0.05) is 35.9 Å². The van der Waals surface area contributed by atoms with Crippen molar-refractivity contribution in [3.63, 3.8) is 0 Å². The third-order valence-corrected chi connectivity index (χ3v) is 4.15. The van der Waals surface area contributed by atoms with Gasteiger partial charge in [0.05, 0.1) is 9.95 Å². The first-order valence-electron chi connectivity index (χ1n) is 8.15. The number of nitrogens with one attached hydrogen (secondary N) is 1. The Labute approximate surface area is 160 Å². The fourth-order valence-corrected chi connectivity index (χ4v) is 2.70. The van der Waals surface area contributed by atoms with Gasteiger partial charge in [0, 0.05) is 24.4 Å². The molecule has 0 aliphatic rings. The maximum atomic E-state index is 12.9. The average Bonchev–Trinajstić information content (AvgIpc) is 2.67. The molecule has 27 heavy (non-hydrogen) atoms. The Bertz CT molecular complexity index is 948. The lowest BCUT2D eigenvalue weighted by Gasteiger charge is -2.11. The molecule has 0 radical (unpaired) electrons. The van der Waals surface area contributed by atoms with Crippen molar-refractivity contribution >= 4 is 23.0 Å². The summed E-state index contributed by atoms with van der Waals surface area (Å²) in [6, 6.07) is 17.7. The number of rotatable bonds is 7. The summed E-state index contributed by atoms with van der Waals surface area (Å²) in [5, 5.41) is 14.4. The molecule has 3 rings (SSSR count). The van der Waals surface area contributed by atoms with Gasteiger partial charge in [-0.25, -0.2) is 4.39 Å². The minimum atomic E-state index is -0.435. The van der Waals surface area contributed by atoms with E-state index in [4.69, 9.17) is 16.3 Å². The second-order valence-electron chi connectivity index (χ2n) is 5.84. The van der Waals surface area contributed by atoms with Gasteiger partial charge in [0.2, 0.25) is 0 Å². The Morgan fingerprint density at radius 1 is 1.04 bits per heavy atom. The molecule has 0 fully saturated rings. The summed E-state index contributed by atoms with van der Waals surface area (Å²) in [5.74, 6) is 0.234. The van der Waals surface area contributed by atoms with Crippen LogP contribution in [0.5, 0.6) is 5.75 Å². The van der Waals surface area contributed by atoms with Gasteiger partial charge in [0.15, 0.2) is 0 Å². The predicted molar refractivity (Wildman–Crippen MR) is 103 cm³/mol. The summed E-state index contributed by atoms with van der Waals surface area (Å²) in [4.78, 5) is 10.4. The number of nitro groups is 1. The summed E-state index contributed by atoms with van der Waals surface area (Å²) in [6.45, 7) is 0.740. The van der Waals surface area contributed by atoms with Crippen LogP contribution in [0.1, 0.15) is 11.1 Å². The van der Waals surface area contributed by atoms with E-state index in [1.54, 1.807) is 36.4 Å². The molecule has 0 saturated carbocycles. The molecule has 3 aromatic rings. The van der Waals surface area contributed by atoms with Crippen LogP contribution in [0.2, 0.25) is 5.02 Å². The number of ether oxygens (including phenoxy) is 1. The van der Waals surface area contributed by atoms with Crippen LogP contribution in [0, 0.1) is 15.9 Å². The van der Waals surface area contributed by atoms with E-state index in [2.05, 4.69) is 5.32 Å². The van der Waals surface area contributed by atoms with E-state index in [1.807, 2.05) is 6.07 Å². The van der Waals surface area contributed by atoms with Crippen molar-refractivity contribution in [2.75, 3.05) is 5.32 Å². The van der Waals surface area contributed by atoms with E-state index < -0.39 is 4.92 Å². The highest BCUT2D eigenvalue weighted by Gasteiger charge is 2.07. The summed E-state index contributed by atoms with van der Waals surface area (Å²) in [5.41, 5.74) is 2.42. The van der Waals surface area contributed by atoms with Crippen molar-refractivity contribution in [2.45, 2.75) is 13.2 Å². The Morgan fingerprint density at radius 3 is 2.48 bits per heavy atom. The monoisotopic (exact) mass is 386 g/mol. The van der Waals surface area contributed by atoms with Gasteiger partial charge in [-0.3, -0.25) is 10.1 Å². The molecule has 0 amide bonds. The van der Waals surface area contributed by atoms with E-state index in [1.165, 1.54) is 24.3 Å². The first-order chi connectivity index (χ1) is 13.0. The van der Waals surface area contributed by atoms with Crippen molar-refractivity contribution < 1.29 is 14.1 Å².